The fourth-order valence-corrected chi connectivity index (χ4v) is 6.60. The average molecular weight is 495 g/mol. The molecule has 39 heavy (non-hydrogen) atoms. The summed E-state index contributed by atoms with van der Waals surface area (Å²) in [6.07, 6.45) is 0. The molecule has 0 spiro atoms. The molecule has 0 aliphatic carbocycles. The van der Waals surface area contributed by atoms with E-state index in [1.54, 1.807) is 0 Å². The smallest absolute Gasteiger partial charge is 0.135 e. The highest BCUT2D eigenvalue weighted by atomic mass is 16.5. The Kier molecular flexibility index (Phi) is 4.11. The maximum Gasteiger partial charge on any atom is 0.135 e. The molecule has 0 atom stereocenters. The summed E-state index contributed by atoms with van der Waals surface area (Å²) in [6, 6.07) is 48.4. The molecular formula is C38H22O. The molecule has 1 aliphatic rings. The zero-order chi connectivity index (χ0) is 25.5. The molecule has 8 aromatic rings. The van der Waals surface area contributed by atoms with Gasteiger partial charge in [0, 0.05) is 10.9 Å². The molecule has 0 unspecified atom stereocenters. The first-order valence-electron chi connectivity index (χ1n) is 13.4. The number of fused-ring (bicyclic) bond motifs is 2. The minimum atomic E-state index is 0.906. The zero-order valence-electron chi connectivity index (χ0n) is 21.1. The van der Waals surface area contributed by atoms with Gasteiger partial charge in [0.1, 0.15) is 11.5 Å². The Hall–Kier alpha value is -5.14. The van der Waals surface area contributed by atoms with Crippen LogP contribution >= 0.6 is 0 Å². The van der Waals surface area contributed by atoms with E-state index in [1.807, 2.05) is 0 Å². The fraction of sp³-hybridized carbons (Fsp3) is 0. The Morgan fingerprint density at radius 1 is 0.333 bits per heavy atom. The molecular weight excluding hydrogens is 472 g/mol. The second-order valence-corrected chi connectivity index (χ2v) is 10.5. The second kappa shape index (κ2) is 7.69. The summed E-state index contributed by atoms with van der Waals surface area (Å²) in [5.41, 5.74) is 7.23. The van der Waals surface area contributed by atoms with Crippen molar-refractivity contribution in [2.75, 3.05) is 0 Å². The number of hydrogen-bond donors (Lipinski definition) is 0. The van der Waals surface area contributed by atoms with Crippen LogP contribution in [0.25, 0.3) is 76.5 Å². The summed E-state index contributed by atoms with van der Waals surface area (Å²) in [4.78, 5) is 0. The second-order valence-electron chi connectivity index (χ2n) is 10.5. The van der Waals surface area contributed by atoms with E-state index >= 15 is 0 Å². The highest BCUT2D eigenvalue weighted by Crippen LogP contribution is 2.49. The average Bonchev–Trinajstić information content (AvgIpc) is 3.00. The Balaban J connectivity index is 1.25. The van der Waals surface area contributed by atoms with Gasteiger partial charge in [0.2, 0.25) is 0 Å². The van der Waals surface area contributed by atoms with Gasteiger partial charge in [0.15, 0.2) is 0 Å². The highest BCUT2D eigenvalue weighted by Gasteiger charge is 2.22. The highest BCUT2D eigenvalue weighted by molar-refractivity contribution is 6.23. The summed E-state index contributed by atoms with van der Waals surface area (Å²) in [6.45, 7) is 0. The number of hydrogen-bond acceptors (Lipinski definition) is 1. The maximum absolute atomic E-state index is 6.49. The number of rotatable bonds is 2. The number of ether oxygens (including phenoxy) is 1. The van der Waals surface area contributed by atoms with Gasteiger partial charge in [0.25, 0.3) is 0 Å². The Morgan fingerprint density at radius 2 is 1.03 bits per heavy atom. The van der Waals surface area contributed by atoms with Gasteiger partial charge in [-0.2, -0.15) is 0 Å². The van der Waals surface area contributed by atoms with Crippen molar-refractivity contribution < 1.29 is 4.74 Å². The lowest BCUT2D eigenvalue weighted by atomic mass is 9.88. The van der Waals surface area contributed by atoms with E-state index in [0.29, 0.717) is 0 Å². The standard InChI is InChI=1S/C38H22O/c1-2-6-23(7-3-1)30-17-19-35-38-31(30)10-5-11-32(38)33-22-26(16-18-34(33)39-35)29-20-27-14-12-24-8-4-9-25-13-15-28(21-29)37(27)36(24)25/h1-22H. The lowest BCUT2D eigenvalue weighted by molar-refractivity contribution is 0.487. The molecule has 1 nitrogen and oxygen atoms in total. The van der Waals surface area contributed by atoms with Crippen molar-refractivity contribution >= 4 is 43.1 Å². The largest absolute Gasteiger partial charge is 0.456 e. The lowest BCUT2D eigenvalue weighted by Gasteiger charge is -2.23. The van der Waals surface area contributed by atoms with Crippen molar-refractivity contribution in [2.24, 2.45) is 0 Å². The van der Waals surface area contributed by atoms with Crippen molar-refractivity contribution in [3.63, 3.8) is 0 Å². The predicted molar refractivity (Wildman–Crippen MR) is 164 cm³/mol. The number of benzene rings is 8. The van der Waals surface area contributed by atoms with Crippen LogP contribution in [0, 0.1) is 0 Å². The first-order valence-corrected chi connectivity index (χ1v) is 13.4. The third kappa shape index (κ3) is 2.96. The molecule has 0 aromatic heterocycles. The van der Waals surface area contributed by atoms with Crippen LogP contribution in [0.5, 0.6) is 11.5 Å². The van der Waals surface area contributed by atoms with Crippen LogP contribution in [-0.2, 0) is 0 Å². The van der Waals surface area contributed by atoms with Gasteiger partial charge < -0.3 is 4.74 Å². The quantitative estimate of drug-likeness (QED) is 0.217. The molecule has 9 rings (SSSR count). The van der Waals surface area contributed by atoms with Crippen LogP contribution < -0.4 is 4.74 Å². The minimum Gasteiger partial charge on any atom is -0.456 e. The molecule has 8 aromatic carbocycles. The van der Waals surface area contributed by atoms with Crippen LogP contribution in [0.3, 0.4) is 0 Å². The van der Waals surface area contributed by atoms with Crippen molar-refractivity contribution in [3.05, 3.63) is 133 Å². The van der Waals surface area contributed by atoms with Crippen molar-refractivity contribution in [2.45, 2.75) is 0 Å². The summed E-state index contributed by atoms with van der Waals surface area (Å²) < 4.78 is 6.49. The lowest BCUT2D eigenvalue weighted by Crippen LogP contribution is -1.98. The SMILES string of the molecule is c1ccc(-c2ccc3c4c(cccc24)-c2cc(-c4cc5ccc6cccc7ccc(c4)c5c67)ccc2O3)cc1. The van der Waals surface area contributed by atoms with E-state index in [0.717, 1.165) is 17.1 Å². The molecule has 1 aliphatic heterocycles. The minimum absolute atomic E-state index is 0.906. The molecule has 1 heteroatoms. The van der Waals surface area contributed by atoms with E-state index in [-0.39, 0.29) is 0 Å². The zero-order valence-corrected chi connectivity index (χ0v) is 21.1. The van der Waals surface area contributed by atoms with Crippen LogP contribution in [-0.4, -0.2) is 0 Å². The van der Waals surface area contributed by atoms with Gasteiger partial charge >= 0.3 is 0 Å². The van der Waals surface area contributed by atoms with Gasteiger partial charge in [-0.05, 0) is 95.9 Å². The van der Waals surface area contributed by atoms with Crippen LogP contribution in [0.15, 0.2) is 133 Å². The van der Waals surface area contributed by atoms with Crippen LogP contribution in [0.4, 0.5) is 0 Å². The summed E-state index contributed by atoms with van der Waals surface area (Å²) in [5.74, 6) is 1.83. The summed E-state index contributed by atoms with van der Waals surface area (Å²) >= 11 is 0. The maximum atomic E-state index is 6.49. The predicted octanol–water partition coefficient (Wildman–Crippen LogP) is 10.8. The molecule has 0 bridgehead atoms. The van der Waals surface area contributed by atoms with Crippen molar-refractivity contribution in [1.82, 2.24) is 0 Å². The third-order valence-corrected chi connectivity index (χ3v) is 8.37. The molecule has 0 radical (unpaired) electrons. The molecule has 0 fully saturated rings. The van der Waals surface area contributed by atoms with E-state index < -0.39 is 0 Å². The third-order valence-electron chi connectivity index (χ3n) is 8.37. The molecule has 0 saturated carbocycles. The normalized spacial score (nSPS) is 12.3. The first kappa shape index (κ1) is 20.9. The van der Waals surface area contributed by atoms with Gasteiger partial charge in [-0.3, -0.25) is 0 Å². The van der Waals surface area contributed by atoms with Crippen LogP contribution in [0.2, 0.25) is 0 Å². The Bertz CT molecular complexity index is 2180. The topological polar surface area (TPSA) is 9.23 Å². The van der Waals surface area contributed by atoms with Crippen molar-refractivity contribution in [3.8, 4) is 44.9 Å². The fourth-order valence-electron chi connectivity index (χ4n) is 6.60. The Morgan fingerprint density at radius 3 is 1.82 bits per heavy atom. The molecule has 1 heterocycles. The van der Waals surface area contributed by atoms with Gasteiger partial charge in [0.05, 0.1) is 0 Å². The van der Waals surface area contributed by atoms with E-state index in [2.05, 4.69) is 133 Å². The molecule has 0 N–H and O–H groups in total. The Labute approximate surface area is 225 Å². The van der Waals surface area contributed by atoms with Gasteiger partial charge in [-0.15, -0.1) is 0 Å². The van der Waals surface area contributed by atoms with Gasteiger partial charge in [-0.1, -0.05) is 103 Å². The van der Waals surface area contributed by atoms with Crippen LogP contribution in [0.1, 0.15) is 0 Å². The van der Waals surface area contributed by atoms with Crippen molar-refractivity contribution in [1.29, 1.82) is 0 Å². The molecule has 0 saturated heterocycles. The van der Waals surface area contributed by atoms with E-state index in [4.69, 9.17) is 4.74 Å². The summed E-state index contributed by atoms with van der Waals surface area (Å²) in [5, 5.41) is 10.3. The summed E-state index contributed by atoms with van der Waals surface area (Å²) in [7, 11) is 0. The van der Waals surface area contributed by atoms with E-state index in [9.17, 15) is 0 Å². The molecule has 0 amide bonds. The van der Waals surface area contributed by atoms with E-state index in [1.165, 1.54) is 70.9 Å². The first-order chi connectivity index (χ1) is 19.3. The van der Waals surface area contributed by atoms with Gasteiger partial charge in [-0.25, -0.2) is 0 Å². The molecule has 180 valence electrons. The monoisotopic (exact) mass is 494 g/mol.